The van der Waals surface area contributed by atoms with E-state index in [2.05, 4.69) is 0 Å². The first-order valence-electron chi connectivity index (χ1n) is 6.56. The Bertz CT molecular complexity index is 241. The highest BCUT2D eigenvalue weighted by atomic mass is 16.5. The van der Waals surface area contributed by atoms with Crippen molar-refractivity contribution < 1.29 is 29.6 Å². The van der Waals surface area contributed by atoms with E-state index in [-0.39, 0.29) is 13.0 Å². The lowest BCUT2D eigenvalue weighted by Crippen LogP contribution is -2.39. The summed E-state index contributed by atoms with van der Waals surface area (Å²) in [5.74, 6) is -0.407. The third-order valence-corrected chi connectivity index (χ3v) is 3.00. The maximum absolute atomic E-state index is 11.4. The van der Waals surface area contributed by atoms with Gasteiger partial charge < -0.3 is 24.9 Å². The number of carbonyl (C=O) groups is 2. The first kappa shape index (κ1) is 18.0. The van der Waals surface area contributed by atoms with Crippen LogP contribution in [-0.4, -0.2) is 54.0 Å². The zero-order valence-electron chi connectivity index (χ0n) is 11.2. The smallest absolute Gasteiger partial charge is 0.305 e. The zero-order valence-corrected chi connectivity index (χ0v) is 11.2. The van der Waals surface area contributed by atoms with Crippen LogP contribution in [0, 0.1) is 5.41 Å². The molecule has 6 nitrogen and oxygen atoms in total. The van der Waals surface area contributed by atoms with E-state index in [1.165, 1.54) is 0 Å². The van der Waals surface area contributed by atoms with Crippen LogP contribution in [0.5, 0.6) is 0 Å². The number of unbranched alkanes of at least 4 members (excludes halogenated alkanes) is 4. The first-order valence-corrected chi connectivity index (χ1v) is 6.56. The Hall–Kier alpha value is -0.980. The van der Waals surface area contributed by atoms with Crippen molar-refractivity contribution in [2.24, 2.45) is 5.41 Å². The molecule has 0 atom stereocenters. The van der Waals surface area contributed by atoms with Crippen LogP contribution in [0.15, 0.2) is 0 Å². The van der Waals surface area contributed by atoms with Crippen LogP contribution >= 0.6 is 0 Å². The molecular weight excluding hydrogens is 252 g/mol. The molecule has 0 fully saturated rings. The molecule has 0 unspecified atom stereocenters. The monoisotopic (exact) mass is 276 g/mol. The third-order valence-electron chi connectivity index (χ3n) is 3.00. The minimum atomic E-state index is -1.17. The SMILES string of the molecule is O=CCCCCCCC(=O)OCC(CO)(CO)CO. The van der Waals surface area contributed by atoms with Gasteiger partial charge in [-0.15, -0.1) is 0 Å². The second-order valence-corrected chi connectivity index (χ2v) is 4.75. The molecule has 3 N–H and O–H groups in total. The van der Waals surface area contributed by atoms with Gasteiger partial charge in [-0.3, -0.25) is 4.79 Å². The highest BCUT2D eigenvalue weighted by Gasteiger charge is 2.29. The number of esters is 1. The Morgan fingerprint density at radius 3 is 2.11 bits per heavy atom. The first-order chi connectivity index (χ1) is 9.14. The van der Waals surface area contributed by atoms with Crippen molar-refractivity contribution in [2.75, 3.05) is 26.4 Å². The largest absolute Gasteiger partial charge is 0.465 e. The van der Waals surface area contributed by atoms with Crippen molar-refractivity contribution >= 4 is 12.3 Å². The zero-order chi connectivity index (χ0) is 14.6. The van der Waals surface area contributed by atoms with Gasteiger partial charge in [-0.2, -0.15) is 0 Å². The molecule has 19 heavy (non-hydrogen) atoms. The van der Waals surface area contributed by atoms with E-state index in [4.69, 9.17) is 20.1 Å². The lowest BCUT2D eigenvalue weighted by molar-refractivity contribution is -0.151. The molecule has 0 rings (SSSR count). The quantitative estimate of drug-likeness (QED) is 0.264. The van der Waals surface area contributed by atoms with E-state index in [1.807, 2.05) is 0 Å². The predicted molar refractivity (Wildman–Crippen MR) is 68.4 cm³/mol. The molecule has 0 saturated heterocycles. The second-order valence-electron chi connectivity index (χ2n) is 4.75. The molecule has 0 heterocycles. The second kappa shape index (κ2) is 10.9. The van der Waals surface area contributed by atoms with Gasteiger partial charge in [0, 0.05) is 12.8 Å². The van der Waals surface area contributed by atoms with Gasteiger partial charge in [0.05, 0.1) is 25.2 Å². The van der Waals surface area contributed by atoms with Crippen LogP contribution in [0.3, 0.4) is 0 Å². The van der Waals surface area contributed by atoms with Crippen molar-refractivity contribution in [2.45, 2.75) is 38.5 Å². The molecule has 0 aromatic rings. The normalized spacial score (nSPS) is 11.3. The summed E-state index contributed by atoms with van der Waals surface area (Å²) in [4.78, 5) is 21.5. The van der Waals surface area contributed by atoms with Gasteiger partial charge in [-0.1, -0.05) is 12.8 Å². The summed E-state index contributed by atoms with van der Waals surface area (Å²) in [7, 11) is 0. The number of hydrogen-bond donors (Lipinski definition) is 3. The molecule has 0 aliphatic carbocycles. The van der Waals surface area contributed by atoms with E-state index in [0.717, 1.165) is 25.5 Å². The fraction of sp³-hybridized carbons (Fsp3) is 0.846. The molecule has 0 spiro atoms. The van der Waals surface area contributed by atoms with Gasteiger partial charge in [0.1, 0.15) is 12.9 Å². The average Bonchev–Trinajstić information content (AvgIpc) is 2.45. The van der Waals surface area contributed by atoms with Gasteiger partial charge in [-0.05, 0) is 12.8 Å². The van der Waals surface area contributed by atoms with Crippen LogP contribution in [0.1, 0.15) is 38.5 Å². The molecule has 0 aromatic heterocycles. The highest BCUT2D eigenvalue weighted by Crippen LogP contribution is 2.15. The maximum Gasteiger partial charge on any atom is 0.305 e. The van der Waals surface area contributed by atoms with Crippen molar-refractivity contribution in [1.29, 1.82) is 0 Å². The van der Waals surface area contributed by atoms with Crippen LogP contribution in [0.2, 0.25) is 0 Å². The van der Waals surface area contributed by atoms with Crippen LogP contribution < -0.4 is 0 Å². The number of rotatable bonds is 12. The molecule has 112 valence electrons. The molecule has 6 heteroatoms. The highest BCUT2D eigenvalue weighted by molar-refractivity contribution is 5.69. The molecule has 0 bridgehead atoms. The van der Waals surface area contributed by atoms with Gasteiger partial charge >= 0.3 is 5.97 Å². The summed E-state index contributed by atoms with van der Waals surface area (Å²) in [6.45, 7) is -1.53. The fourth-order valence-electron chi connectivity index (χ4n) is 1.44. The van der Waals surface area contributed by atoms with E-state index in [0.29, 0.717) is 12.8 Å². The summed E-state index contributed by atoms with van der Waals surface area (Å²) in [5.41, 5.74) is -1.17. The fourth-order valence-corrected chi connectivity index (χ4v) is 1.44. The van der Waals surface area contributed by atoms with E-state index >= 15 is 0 Å². The van der Waals surface area contributed by atoms with Gasteiger partial charge in [0.15, 0.2) is 0 Å². The van der Waals surface area contributed by atoms with E-state index in [1.54, 1.807) is 0 Å². The van der Waals surface area contributed by atoms with Crippen LogP contribution in [0.4, 0.5) is 0 Å². The molecule has 0 aliphatic rings. The summed E-state index contributed by atoms with van der Waals surface area (Å²) >= 11 is 0. The third kappa shape index (κ3) is 7.92. The van der Waals surface area contributed by atoms with Gasteiger partial charge in [0.25, 0.3) is 0 Å². The van der Waals surface area contributed by atoms with E-state index in [9.17, 15) is 9.59 Å². The number of hydrogen-bond acceptors (Lipinski definition) is 6. The Morgan fingerprint density at radius 2 is 1.58 bits per heavy atom. The number of carbonyl (C=O) groups excluding carboxylic acids is 2. The molecule has 0 radical (unpaired) electrons. The number of aliphatic hydroxyl groups is 3. The number of ether oxygens (including phenoxy) is 1. The molecule has 0 aromatic carbocycles. The molecule has 0 amide bonds. The Morgan fingerprint density at radius 1 is 1.00 bits per heavy atom. The number of aldehydes is 1. The van der Waals surface area contributed by atoms with Crippen molar-refractivity contribution in [3.63, 3.8) is 0 Å². The minimum Gasteiger partial charge on any atom is -0.465 e. The van der Waals surface area contributed by atoms with E-state index < -0.39 is 31.2 Å². The summed E-state index contributed by atoms with van der Waals surface area (Å²) in [6, 6.07) is 0. The van der Waals surface area contributed by atoms with Gasteiger partial charge in [-0.25, -0.2) is 0 Å². The molecule has 0 aliphatic heterocycles. The summed E-state index contributed by atoms with van der Waals surface area (Å²) in [5, 5.41) is 27.1. The van der Waals surface area contributed by atoms with Crippen molar-refractivity contribution in [1.82, 2.24) is 0 Å². The summed E-state index contributed by atoms with van der Waals surface area (Å²) in [6.07, 6.45) is 4.97. The Labute approximate surface area is 113 Å². The number of aliphatic hydroxyl groups excluding tert-OH is 3. The lowest BCUT2D eigenvalue weighted by atomic mass is 9.93. The lowest BCUT2D eigenvalue weighted by Gasteiger charge is -2.26. The van der Waals surface area contributed by atoms with Crippen molar-refractivity contribution in [3.8, 4) is 0 Å². The Balaban J connectivity index is 3.71. The van der Waals surface area contributed by atoms with Crippen LogP contribution in [0.25, 0.3) is 0 Å². The standard InChI is InChI=1S/C13H24O6/c14-7-5-3-1-2-4-6-12(18)19-11-13(8-15,9-16)10-17/h7,15-17H,1-6,8-11H2. The van der Waals surface area contributed by atoms with Crippen LogP contribution in [-0.2, 0) is 14.3 Å². The maximum atomic E-state index is 11.4. The topological polar surface area (TPSA) is 104 Å². The predicted octanol–water partition coefficient (Wildman–Crippen LogP) is 0.0324. The molecule has 0 saturated carbocycles. The van der Waals surface area contributed by atoms with Crippen molar-refractivity contribution in [3.05, 3.63) is 0 Å². The Kier molecular flexibility index (Phi) is 10.3. The average molecular weight is 276 g/mol. The van der Waals surface area contributed by atoms with Gasteiger partial charge in [0.2, 0.25) is 0 Å². The molecular formula is C13H24O6. The minimum absolute atomic E-state index is 0.194. The summed E-state index contributed by atoms with van der Waals surface area (Å²) < 4.78 is 4.93.